The number of hydrogen-bond acceptors (Lipinski definition) is 2. The minimum absolute atomic E-state index is 0.0293. The second kappa shape index (κ2) is 5.78. The van der Waals surface area contributed by atoms with Gasteiger partial charge < -0.3 is 0 Å². The summed E-state index contributed by atoms with van der Waals surface area (Å²) in [6.07, 6.45) is 5.05. The van der Waals surface area contributed by atoms with E-state index >= 15 is 0 Å². The van der Waals surface area contributed by atoms with Crippen LogP contribution in [0.15, 0.2) is 18.2 Å². The molecule has 0 heterocycles. The van der Waals surface area contributed by atoms with Gasteiger partial charge in [-0.2, -0.15) is 0 Å². The van der Waals surface area contributed by atoms with Crippen molar-refractivity contribution in [1.29, 1.82) is 0 Å². The Labute approximate surface area is 114 Å². The van der Waals surface area contributed by atoms with Gasteiger partial charge in [0, 0.05) is 16.5 Å². The van der Waals surface area contributed by atoms with Crippen LogP contribution < -0.4 is 0 Å². The summed E-state index contributed by atoms with van der Waals surface area (Å²) < 4.78 is 13.2. The van der Waals surface area contributed by atoms with E-state index in [1.807, 2.05) is 0 Å². The average Bonchev–Trinajstić information content (AvgIpc) is 2.32. The molecule has 1 aromatic rings. The van der Waals surface area contributed by atoms with Gasteiger partial charge in [-0.15, -0.1) is 0 Å². The molecule has 0 spiro atoms. The molecule has 2 atom stereocenters. The molecule has 98 valence electrons. The van der Waals surface area contributed by atoms with Crippen LogP contribution >= 0.6 is 15.9 Å². The minimum Gasteiger partial charge on any atom is -0.258 e. The van der Waals surface area contributed by atoms with Gasteiger partial charge in [0.1, 0.15) is 5.82 Å². The lowest BCUT2D eigenvalue weighted by molar-refractivity contribution is -0.385. The van der Waals surface area contributed by atoms with Gasteiger partial charge in [-0.3, -0.25) is 10.1 Å². The smallest absolute Gasteiger partial charge is 0.258 e. The van der Waals surface area contributed by atoms with Gasteiger partial charge in [-0.1, -0.05) is 28.8 Å². The summed E-state index contributed by atoms with van der Waals surface area (Å²) in [6.45, 7) is 0. The molecule has 1 aliphatic carbocycles. The lowest BCUT2D eigenvalue weighted by Gasteiger charge is -2.27. The molecule has 3 nitrogen and oxygen atoms in total. The molecule has 1 fully saturated rings. The average molecular weight is 316 g/mol. The second-order valence-electron chi connectivity index (χ2n) is 4.79. The van der Waals surface area contributed by atoms with E-state index in [9.17, 15) is 14.5 Å². The molecule has 2 rings (SSSR count). The van der Waals surface area contributed by atoms with E-state index in [-0.39, 0.29) is 5.69 Å². The molecular formula is C13H15BrFNO2. The summed E-state index contributed by atoms with van der Waals surface area (Å²) in [6, 6.07) is 3.71. The number of alkyl halides is 1. The summed E-state index contributed by atoms with van der Waals surface area (Å²) in [5.41, 5.74) is 0.540. The molecule has 18 heavy (non-hydrogen) atoms. The fourth-order valence-corrected chi connectivity index (χ4v) is 3.35. The summed E-state index contributed by atoms with van der Waals surface area (Å²) in [4.78, 5) is 10.9. The summed E-state index contributed by atoms with van der Waals surface area (Å²) in [5, 5.41) is 10.9. The molecule has 2 unspecified atom stereocenters. The van der Waals surface area contributed by atoms with Crippen molar-refractivity contribution in [3.05, 3.63) is 39.7 Å². The van der Waals surface area contributed by atoms with E-state index in [0.29, 0.717) is 22.7 Å². The van der Waals surface area contributed by atoms with E-state index in [1.54, 1.807) is 0 Å². The van der Waals surface area contributed by atoms with E-state index in [1.165, 1.54) is 18.6 Å². The monoisotopic (exact) mass is 315 g/mol. The maximum atomic E-state index is 13.2. The Kier molecular flexibility index (Phi) is 4.32. The quantitative estimate of drug-likeness (QED) is 0.476. The van der Waals surface area contributed by atoms with Gasteiger partial charge in [-0.05, 0) is 37.3 Å². The van der Waals surface area contributed by atoms with E-state index in [2.05, 4.69) is 15.9 Å². The highest BCUT2D eigenvalue weighted by Gasteiger charge is 2.26. The largest absolute Gasteiger partial charge is 0.272 e. The topological polar surface area (TPSA) is 43.1 Å². The van der Waals surface area contributed by atoms with Crippen molar-refractivity contribution in [3.63, 3.8) is 0 Å². The SMILES string of the molecule is O=[N+]([O-])c1ccc(F)cc1CC1CCCCC1Br. The van der Waals surface area contributed by atoms with Crippen molar-refractivity contribution in [2.75, 3.05) is 0 Å². The summed E-state index contributed by atoms with van der Waals surface area (Å²) in [5.74, 6) is -0.0446. The van der Waals surface area contributed by atoms with Gasteiger partial charge >= 0.3 is 0 Å². The number of nitrogens with zero attached hydrogens (tertiary/aromatic N) is 1. The Hall–Kier alpha value is -0.970. The van der Waals surface area contributed by atoms with Crippen molar-refractivity contribution >= 4 is 21.6 Å². The number of nitro groups is 1. The third-order valence-electron chi connectivity index (χ3n) is 3.54. The highest BCUT2D eigenvalue weighted by molar-refractivity contribution is 9.09. The predicted molar refractivity (Wildman–Crippen MR) is 71.4 cm³/mol. The van der Waals surface area contributed by atoms with Gasteiger partial charge in [0.15, 0.2) is 0 Å². The maximum Gasteiger partial charge on any atom is 0.272 e. The molecule has 0 aliphatic heterocycles. The molecule has 0 bridgehead atoms. The highest BCUT2D eigenvalue weighted by atomic mass is 79.9. The second-order valence-corrected chi connectivity index (χ2v) is 5.97. The van der Waals surface area contributed by atoms with Crippen molar-refractivity contribution in [3.8, 4) is 0 Å². The van der Waals surface area contributed by atoms with Crippen molar-refractivity contribution < 1.29 is 9.31 Å². The van der Waals surface area contributed by atoms with Crippen LogP contribution in [0.1, 0.15) is 31.2 Å². The molecular weight excluding hydrogens is 301 g/mol. The van der Waals surface area contributed by atoms with Gasteiger partial charge in [0.2, 0.25) is 0 Å². The molecule has 0 aromatic heterocycles. The molecule has 0 N–H and O–H groups in total. The van der Waals surface area contributed by atoms with Crippen LogP contribution in [0.4, 0.5) is 10.1 Å². The molecule has 1 aliphatic rings. The standard InChI is InChI=1S/C13H15BrFNO2/c14-12-4-2-1-3-9(12)7-10-8-11(15)5-6-13(10)16(17)18/h5-6,8-9,12H,1-4,7H2. The Bertz CT molecular complexity index is 453. The van der Waals surface area contributed by atoms with Crippen LogP contribution in [-0.4, -0.2) is 9.75 Å². The molecule has 1 saturated carbocycles. The summed E-state index contributed by atoms with van der Waals surface area (Å²) >= 11 is 3.63. The Balaban J connectivity index is 2.21. The molecule has 1 aromatic carbocycles. The maximum absolute atomic E-state index is 13.2. The normalized spacial score (nSPS) is 23.9. The van der Waals surface area contributed by atoms with Crippen LogP contribution in [0, 0.1) is 21.8 Å². The van der Waals surface area contributed by atoms with Crippen LogP contribution in [-0.2, 0) is 6.42 Å². The number of nitro benzene ring substituents is 1. The number of benzene rings is 1. The van der Waals surface area contributed by atoms with Crippen LogP contribution in [0.5, 0.6) is 0 Å². The van der Waals surface area contributed by atoms with E-state index in [4.69, 9.17) is 0 Å². The van der Waals surface area contributed by atoms with Crippen LogP contribution in [0.2, 0.25) is 0 Å². The predicted octanol–water partition coefficient (Wildman–Crippen LogP) is 4.23. The zero-order valence-electron chi connectivity index (χ0n) is 9.94. The first-order valence-corrected chi connectivity index (χ1v) is 7.06. The third-order valence-corrected chi connectivity index (χ3v) is 4.74. The van der Waals surface area contributed by atoms with Crippen molar-refractivity contribution in [2.45, 2.75) is 36.9 Å². The van der Waals surface area contributed by atoms with Gasteiger partial charge in [-0.25, -0.2) is 4.39 Å². The van der Waals surface area contributed by atoms with Crippen LogP contribution in [0.25, 0.3) is 0 Å². The Morgan fingerprint density at radius 1 is 1.39 bits per heavy atom. The third kappa shape index (κ3) is 3.07. The molecule has 0 radical (unpaired) electrons. The van der Waals surface area contributed by atoms with Gasteiger partial charge in [0.05, 0.1) is 4.92 Å². The lowest BCUT2D eigenvalue weighted by atomic mass is 9.84. The van der Waals surface area contributed by atoms with E-state index in [0.717, 1.165) is 25.3 Å². The minimum atomic E-state index is -0.430. The fourth-order valence-electron chi connectivity index (χ4n) is 2.57. The number of halogens is 2. The zero-order chi connectivity index (χ0) is 13.1. The first-order chi connectivity index (χ1) is 8.58. The molecule has 0 amide bonds. The first-order valence-electron chi connectivity index (χ1n) is 6.15. The Morgan fingerprint density at radius 2 is 2.11 bits per heavy atom. The molecule has 5 heteroatoms. The van der Waals surface area contributed by atoms with Crippen molar-refractivity contribution in [2.24, 2.45) is 5.92 Å². The number of hydrogen-bond donors (Lipinski definition) is 0. The number of rotatable bonds is 3. The zero-order valence-corrected chi connectivity index (χ0v) is 11.5. The lowest BCUT2D eigenvalue weighted by Crippen LogP contribution is -2.21. The highest BCUT2D eigenvalue weighted by Crippen LogP contribution is 2.34. The molecule has 0 saturated heterocycles. The van der Waals surface area contributed by atoms with Crippen molar-refractivity contribution in [1.82, 2.24) is 0 Å². The van der Waals surface area contributed by atoms with Crippen LogP contribution in [0.3, 0.4) is 0 Å². The van der Waals surface area contributed by atoms with E-state index < -0.39 is 10.7 Å². The summed E-state index contributed by atoms with van der Waals surface area (Å²) in [7, 11) is 0. The van der Waals surface area contributed by atoms with Gasteiger partial charge in [0.25, 0.3) is 5.69 Å². The fraction of sp³-hybridized carbons (Fsp3) is 0.538. The first kappa shape index (κ1) is 13.5. The Morgan fingerprint density at radius 3 is 2.78 bits per heavy atom.